The van der Waals surface area contributed by atoms with E-state index in [4.69, 9.17) is 11.6 Å². The highest BCUT2D eigenvalue weighted by atomic mass is 35.5. The Morgan fingerprint density at radius 3 is 2.52 bits per heavy atom. The monoisotopic (exact) mass is 414 g/mol. The van der Waals surface area contributed by atoms with Crippen LogP contribution in [0.3, 0.4) is 0 Å². The number of aromatic nitrogens is 2. The first-order chi connectivity index (χ1) is 12.8. The summed E-state index contributed by atoms with van der Waals surface area (Å²) in [5.74, 6) is 0.801. The molecule has 0 spiro atoms. The molecule has 3 rings (SSSR count). The number of piperazine rings is 1. The first-order valence-corrected chi connectivity index (χ1v) is 10.8. The molecule has 0 amide bonds. The highest BCUT2D eigenvalue weighted by molar-refractivity contribution is 7.89. The van der Waals surface area contributed by atoms with E-state index in [1.807, 2.05) is 12.4 Å². The Hall–Kier alpha value is -1.48. The van der Waals surface area contributed by atoms with E-state index in [2.05, 4.69) is 28.3 Å². The normalized spacial score (nSPS) is 16.9. The molecular formula is C18H24ClFN4O2S. The van der Waals surface area contributed by atoms with Gasteiger partial charge in [-0.2, -0.15) is 4.31 Å². The molecular weight excluding hydrogens is 391 g/mol. The second kappa shape index (κ2) is 8.26. The molecule has 1 saturated heterocycles. The van der Waals surface area contributed by atoms with Gasteiger partial charge in [0.2, 0.25) is 10.0 Å². The maximum atomic E-state index is 13.3. The van der Waals surface area contributed by atoms with Gasteiger partial charge < -0.3 is 4.57 Å². The van der Waals surface area contributed by atoms with Crippen LogP contribution >= 0.6 is 11.6 Å². The standard InChI is InChI=1S/C18H24ClFN4O2S/c1-14(2)18-21-5-6-23(18)10-7-22-8-11-24(12-9-22)27(25,26)15-3-4-17(20)16(19)13-15/h3-6,13-14H,7-12H2,1-2H3. The first-order valence-electron chi connectivity index (χ1n) is 8.97. The molecule has 27 heavy (non-hydrogen) atoms. The highest BCUT2D eigenvalue weighted by Gasteiger charge is 2.29. The van der Waals surface area contributed by atoms with Gasteiger partial charge in [-0.05, 0) is 18.2 Å². The van der Waals surface area contributed by atoms with Crippen molar-refractivity contribution in [2.45, 2.75) is 31.2 Å². The van der Waals surface area contributed by atoms with Crippen LogP contribution in [0, 0.1) is 5.82 Å². The fourth-order valence-electron chi connectivity index (χ4n) is 3.24. The van der Waals surface area contributed by atoms with Crippen LogP contribution in [-0.2, 0) is 16.6 Å². The molecule has 1 aliphatic heterocycles. The molecule has 0 unspecified atom stereocenters. The third-order valence-corrected chi connectivity index (χ3v) is 6.97. The van der Waals surface area contributed by atoms with Crippen molar-refractivity contribution in [1.29, 1.82) is 0 Å². The third-order valence-electron chi connectivity index (χ3n) is 4.78. The zero-order chi connectivity index (χ0) is 19.6. The summed E-state index contributed by atoms with van der Waals surface area (Å²) in [6, 6.07) is 3.52. The summed E-state index contributed by atoms with van der Waals surface area (Å²) >= 11 is 5.73. The van der Waals surface area contributed by atoms with Crippen LogP contribution in [0.4, 0.5) is 4.39 Å². The molecule has 1 aromatic heterocycles. The zero-order valence-corrected chi connectivity index (χ0v) is 17.0. The quantitative estimate of drug-likeness (QED) is 0.729. The van der Waals surface area contributed by atoms with E-state index in [9.17, 15) is 12.8 Å². The maximum absolute atomic E-state index is 13.3. The molecule has 0 aliphatic carbocycles. The van der Waals surface area contributed by atoms with Gasteiger partial charge in [-0.25, -0.2) is 17.8 Å². The van der Waals surface area contributed by atoms with Gasteiger partial charge in [0.1, 0.15) is 11.6 Å². The largest absolute Gasteiger partial charge is 0.333 e. The minimum atomic E-state index is -3.66. The number of hydrogen-bond acceptors (Lipinski definition) is 4. The van der Waals surface area contributed by atoms with Gasteiger partial charge in [-0.1, -0.05) is 25.4 Å². The Labute approximate surface area is 164 Å². The SMILES string of the molecule is CC(C)c1nccn1CCN1CCN(S(=O)(=O)c2ccc(F)c(Cl)c2)CC1. The maximum Gasteiger partial charge on any atom is 0.243 e. The molecule has 0 atom stereocenters. The van der Waals surface area contributed by atoms with E-state index in [-0.39, 0.29) is 9.92 Å². The smallest absolute Gasteiger partial charge is 0.243 e. The van der Waals surface area contributed by atoms with Gasteiger partial charge in [-0.15, -0.1) is 0 Å². The molecule has 1 aromatic carbocycles. The number of hydrogen-bond donors (Lipinski definition) is 0. The average molecular weight is 415 g/mol. The lowest BCUT2D eigenvalue weighted by molar-refractivity contribution is 0.182. The molecule has 2 heterocycles. The molecule has 2 aromatic rings. The minimum Gasteiger partial charge on any atom is -0.333 e. The topological polar surface area (TPSA) is 58.4 Å². The van der Waals surface area contributed by atoms with Crippen LogP contribution < -0.4 is 0 Å². The Kier molecular flexibility index (Phi) is 6.20. The van der Waals surface area contributed by atoms with E-state index < -0.39 is 15.8 Å². The second-order valence-corrected chi connectivity index (χ2v) is 9.30. The third kappa shape index (κ3) is 4.51. The lowest BCUT2D eigenvalue weighted by atomic mass is 10.2. The molecule has 1 fully saturated rings. The lowest BCUT2D eigenvalue weighted by Crippen LogP contribution is -2.49. The molecule has 0 N–H and O–H groups in total. The molecule has 0 saturated carbocycles. The Balaban J connectivity index is 1.58. The van der Waals surface area contributed by atoms with Crippen LogP contribution in [-0.4, -0.2) is 59.9 Å². The van der Waals surface area contributed by atoms with Crippen LogP contribution in [0.15, 0.2) is 35.5 Å². The number of imidazole rings is 1. The van der Waals surface area contributed by atoms with Crippen LogP contribution in [0.2, 0.25) is 5.02 Å². The molecule has 9 heteroatoms. The lowest BCUT2D eigenvalue weighted by Gasteiger charge is -2.34. The number of halogens is 2. The van der Waals surface area contributed by atoms with Gasteiger partial charge in [0.05, 0.1) is 9.92 Å². The Bertz CT molecular complexity index is 893. The number of benzene rings is 1. The fourth-order valence-corrected chi connectivity index (χ4v) is 4.93. The van der Waals surface area contributed by atoms with Gasteiger partial charge >= 0.3 is 0 Å². The number of sulfonamides is 1. The van der Waals surface area contributed by atoms with Crippen molar-refractivity contribution in [2.24, 2.45) is 0 Å². The summed E-state index contributed by atoms with van der Waals surface area (Å²) in [5, 5.41) is -0.184. The minimum absolute atomic E-state index is 0.0299. The summed E-state index contributed by atoms with van der Waals surface area (Å²) in [7, 11) is -3.66. The van der Waals surface area contributed by atoms with Crippen molar-refractivity contribution < 1.29 is 12.8 Å². The van der Waals surface area contributed by atoms with E-state index in [1.165, 1.54) is 16.4 Å². The van der Waals surface area contributed by atoms with Gasteiger partial charge in [0.25, 0.3) is 0 Å². The highest BCUT2D eigenvalue weighted by Crippen LogP contribution is 2.23. The average Bonchev–Trinajstić information content (AvgIpc) is 3.11. The zero-order valence-electron chi connectivity index (χ0n) is 15.5. The van der Waals surface area contributed by atoms with E-state index >= 15 is 0 Å². The van der Waals surface area contributed by atoms with Crippen molar-refractivity contribution in [1.82, 2.24) is 18.8 Å². The predicted octanol–water partition coefficient (Wildman–Crippen LogP) is 2.81. The summed E-state index contributed by atoms with van der Waals surface area (Å²) in [4.78, 5) is 6.66. The van der Waals surface area contributed by atoms with Gasteiger partial charge in [-0.3, -0.25) is 4.90 Å². The summed E-state index contributed by atoms with van der Waals surface area (Å²) in [6.07, 6.45) is 3.79. The molecule has 1 aliphatic rings. The number of rotatable bonds is 6. The van der Waals surface area contributed by atoms with Crippen molar-refractivity contribution >= 4 is 21.6 Å². The van der Waals surface area contributed by atoms with E-state index in [1.54, 1.807) is 0 Å². The van der Waals surface area contributed by atoms with Crippen molar-refractivity contribution in [2.75, 3.05) is 32.7 Å². The molecule has 0 bridgehead atoms. The first kappa shape index (κ1) is 20.3. The van der Waals surface area contributed by atoms with Crippen LogP contribution in [0.25, 0.3) is 0 Å². The molecule has 148 valence electrons. The van der Waals surface area contributed by atoms with Gasteiger partial charge in [0, 0.05) is 57.6 Å². The van der Waals surface area contributed by atoms with E-state index in [0.717, 1.165) is 25.0 Å². The van der Waals surface area contributed by atoms with Crippen LogP contribution in [0.1, 0.15) is 25.6 Å². The Morgan fingerprint density at radius 1 is 1.19 bits per heavy atom. The van der Waals surface area contributed by atoms with Gasteiger partial charge in [0.15, 0.2) is 0 Å². The second-order valence-electron chi connectivity index (χ2n) is 6.96. The van der Waals surface area contributed by atoms with Crippen molar-refractivity contribution in [3.05, 3.63) is 47.3 Å². The summed E-state index contributed by atoms with van der Waals surface area (Å²) in [5.41, 5.74) is 0. The van der Waals surface area contributed by atoms with Crippen molar-refractivity contribution in [3.8, 4) is 0 Å². The van der Waals surface area contributed by atoms with Crippen LogP contribution in [0.5, 0.6) is 0 Å². The fraction of sp³-hybridized carbons (Fsp3) is 0.500. The number of nitrogens with zero attached hydrogens (tertiary/aromatic N) is 4. The predicted molar refractivity (Wildman–Crippen MR) is 103 cm³/mol. The van der Waals surface area contributed by atoms with Crippen molar-refractivity contribution in [3.63, 3.8) is 0 Å². The van der Waals surface area contributed by atoms with E-state index in [0.29, 0.717) is 32.1 Å². The summed E-state index contributed by atoms with van der Waals surface area (Å²) in [6.45, 7) is 8.00. The molecule has 0 radical (unpaired) electrons. The Morgan fingerprint density at radius 2 is 1.89 bits per heavy atom. The summed E-state index contributed by atoms with van der Waals surface area (Å²) < 4.78 is 42.4. The molecule has 6 nitrogen and oxygen atoms in total.